The minimum Gasteiger partial charge on any atom is -0.0622 e. The number of hydrogen-bond acceptors (Lipinski definition) is 0. The molecule has 26 aromatic carbocycles. The average molecular weight is 1690 g/mol. The first-order valence-corrected chi connectivity index (χ1v) is 47.0. The molecule has 616 valence electrons. The van der Waals surface area contributed by atoms with E-state index in [9.17, 15) is 0 Å². The second kappa shape index (κ2) is 28.7. The Bertz CT molecular complexity index is 9440. The molecule has 0 aliphatic heterocycles. The summed E-state index contributed by atoms with van der Waals surface area (Å²) >= 11 is 0. The first-order valence-electron chi connectivity index (χ1n) is 47.0. The van der Waals surface area contributed by atoms with Gasteiger partial charge in [-0.15, -0.1) is 0 Å². The Balaban J connectivity index is 0.000000131. The van der Waals surface area contributed by atoms with E-state index in [1.165, 1.54) is 285 Å². The van der Waals surface area contributed by atoms with Crippen LogP contribution in [0.25, 0.3) is 241 Å². The van der Waals surface area contributed by atoms with E-state index >= 15 is 0 Å². The van der Waals surface area contributed by atoms with Crippen molar-refractivity contribution in [2.75, 3.05) is 0 Å². The fourth-order valence-corrected chi connectivity index (χ4v) is 25.5. The summed E-state index contributed by atoms with van der Waals surface area (Å²) in [4.78, 5) is 0. The topological polar surface area (TPSA) is 0 Å². The first kappa shape index (κ1) is 74.7. The number of fused-ring (bicyclic) bond motifs is 38. The van der Waals surface area contributed by atoms with E-state index in [4.69, 9.17) is 0 Å². The highest BCUT2D eigenvalue weighted by molar-refractivity contribution is 6.29. The van der Waals surface area contributed by atoms with Crippen LogP contribution in [0.3, 0.4) is 0 Å². The van der Waals surface area contributed by atoms with Gasteiger partial charge in [0.05, 0.1) is 10.8 Å². The van der Waals surface area contributed by atoms with Crippen molar-refractivity contribution in [1.29, 1.82) is 0 Å². The maximum Gasteiger partial charge on any atom is 0.0731 e. The quantitative estimate of drug-likeness (QED) is 0.115. The predicted molar refractivity (Wildman–Crippen MR) is 568 cm³/mol. The molecule has 0 aromatic heterocycles. The average Bonchev–Trinajstić information content (AvgIpc) is 1.49. The number of hydrogen-bond donors (Lipinski definition) is 0. The molecule has 30 rings (SSSR count). The molecule has 26 aromatic rings. The van der Waals surface area contributed by atoms with Gasteiger partial charge >= 0.3 is 0 Å². The maximum atomic E-state index is 2.52. The van der Waals surface area contributed by atoms with Crippen LogP contribution in [0.5, 0.6) is 0 Å². The number of benzene rings is 26. The molecule has 0 atom stereocenters. The van der Waals surface area contributed by atoms with E-state index in [0.717, 1.165) is 0 Å². The highest BCUT2D eigenvalue weighted by atomic mass is 14.6. The molecular weight excluding hydrogens is 1610 g/mol. The molecule has 0 heterocycles. The molecule has 4 aliphatic carbocycles. The lowest BCUT2D eigenvalue weighted by Gasteiger charge is -2.32. The van der Waals surface area contributed by atoms with Crippen LogP contribution in [-0.2, 0) is 10.8 Å². The summed E-state index contributed by atoms with van der Waals surface area (Å²) in [5.41, 5.74) is 35.7. The molecule has 4 aliphatic rings. The highest BCUT2D eigenvalue weighted by Gasteiger charge is 2.55. The van der Waals surface area contributed by atoms with Gasteiger partial charge < -0.3 is 0 Å². The molecule has 2 spiro atoms. The van der Waals surface area contributed by atoms with Crippen molar-refractivity contribution in [3.63, 3.8) is 0 Å². The molecule has 0 unspecified atom stereocenters. The molecule has 0 radical (unpaired) electrons. The maximum absolute atomic E-state index is 2.52. The fraction of sp³-hybridized carbons (Fsp3) is 0.0149. The smallest absolute Gasteiger partial charge is 0.0622 e. The fourth-order valence-electron chi connectivity index (χ4n) is 25.5. The molecule has 0 saturated heterocycles. The molecule has 0 amide bonds. The molecule has 0 saturated carbocycles. The SMILES string of the molecule is c1ccc(-c2ccc(-c3c4ccccc4c(-c4ccc5c6c(c7ccccc7c5c4)-c4cc5ccccc5cc4C64c5ccccc5-c5ccccc54)c4ccccc34)c3ccccc23)cc1.c1ccc(-c2ccc3cc(-c4c5ccccc5c(-c5ccc6c7c(c8ccccc8c6c5)-c5cc6ccccc6cc5C75c6ccccc6-c6ccccc65)c5ccccc45)ccc3c2)cc1. The van der Waals surface area contributed by atoms with Gasteiger partial charge in [-0.3, -0.25) is 0 Å². The lowest BCUT2D eigenvalue weighted by molar-refractivity contribution is 0.803. The molecule has 0 N–H and O–H groups in total. The van der Waals surface area contributed by atoms with E-state index in [2.05, 4.69) is 485 Å². The van der Waals surface area contributed by atoms with Crippen molar-refractivity contribution in [3.8, 4) is 111 Å². The van der Waals surface area contributed by atoms with E-state index in [1.807, 2.05) is 0 Å². The summed E-state index contributed by atoms with van der Waals surface area (Å²) in [6, 6.07) is 183. The third-order valence-electron chi connectivity index (χ3n) is 30.8. The monoisotopic (exact) mass is 1690 g/mol. The van der Waals surface area contributed by atoms with Crippen LogP contribution >= 0.6 is 0 Å². The van der Waals surface area contributed by atoms with Crippen molar-refractivity contribution in [2.45, 2.75) is 10.8 Å². The van der Waals surface area contributed by atoms with Gasteiger partial charge in [-0.25, -0.2) is 0 Å². The Hall–Kier alpha value is -17.2. The molecule has 134 heavy (non-hydrogen) atoms. The zero-order chi connectivity index (χ0) is 87.6. The van der Waals surface area contributed by atoms with Crippen molar-refractivity contribution >= 4 is 129 Å². The van der Waals surface area contributed by atoms with Crippen molar-refractivity contribution in [3.05, 3.63) is 530 Å². The summed E-state index contributed by atoms with van der Waals surface area (Å²) in [5.74, 6) is 0. The molecule has 0 nitrogen and oxygen atoms in total. The highest BCUT2D eigenvalue weighted by Crippen LogP contribution is 2.69. The summed E-state index contributed by atoms with van der Waals surface area (Å²) in [6.07, 6.45) is 0. The van der Waals surface area contributed by atoms with Crippen LogP contribution in [0.4, 0.5) is 0 Å². The van der Waals surface area contributed by atoms with Gasteiger partial charge in [-0.05, 0) is 334 Å². The molecule has 0 bridgehead atoms. The Morgan fingerprint density at radius 1 is 0.104 bits per heavy atom. The van der Waals surface area contributed by atoms with E-state index in [1.54, 1.807) is 0 Å². The zero-order valence-electron chi connectivity index (χ0n) is 73.2. The Labute approximate surface area is 775 Å². The van der Waals surface area contributed by atoms with Crippen LogP contribution < -0.4 is 0 Å². The van der Waals surface area contributed by atoms with Gasteiger partial charge in [-0.2, -0.15) is 0 Å². The molecule has 0 heteroatoms. The van der Waals surface area contributed by atoms with Gasteiger partial charge in [-0.1, -0.05) is 437 Å². The number of rotatable bonds is 6. The van der Waals surface area contributed by atoms with E-state index in [0.29, 0.717) is 0 Å². The minimum atomic E-state index is -0.494. The molecular formula is C134H80. The standard InChI is InChI=1S/2C67H40/c1-2-16-41(17-3-1)44-30-31-46-37-47(33-32-45(46)36-44)63-53-24-8-10-26-55(53)64(56-27-11-9-25-54(56)63)48-34-35-57-58(39-48)49-20-6-7-23-52(49)65-59-38-42-18-4-5-19-43(42)40-62(59)67(66(57)65)60-28-14-12-21-50(60)51-22-13-15-29-61(51)67;1-2-18-41(19-3-1)45-36-37-56(47-23-7-6-22-46(45)47)64-54-30-12-10-28-52(54)63(53-29-11-13-31-55(53)64)44-34-35-57-58(39-44)48-24-8-9-27-51(48)65-59-38-42-20-4-5-21-43(42)40-62(59)67(66(57)65)60-32-16-14-25-49(60)50-26-15-17-33-61(50)67/h2*1-40H. The van der Waals surface area contributed by atoms with Crippen LogP contribution in [0, 0.1) is 0 Å². The summed E-state index contributed by atoms with van der Waals surface area (Å²) in [7, 11) is 0. The Morgan fingerprint density at radius 2 is 0.373 bits per heavy atom. The zero-order valence-corrected chi connectivity index (χ0v) is 73.2. The molecule has 0 fully saturated rings. The summed E-state index contributed by atoms with van der Waals surface area (Å²) in [5, 5.41) is 30.5. The van der Waals surface area contributed by atoms with Crippen LogP contribution in [0.2, 0.25) is 0 Å². The summed E-state index contributed by atoms with van der Waals surface area (Å²) in [6.45, 7) is 0. The second-order valence-corrected chi connectivity index (χ2v) is 37.2. The third kappa shape index (κ3) is 10.4. The van der Waals surface area contributed by atoms with Crippen LogP contribution in [0.1, 0.15) is 44.5 Å². The van der Waals surface area contributed by atoms with Gasteiger partial charge in [0.15, 0.2) is 0 Å². The first-order chi connectivity index (χ1) is 66.5. The van der Waals surface area contributed by atoms with Crippen LogP contribution in [-0.4, -0.2) is 0 Å². The van der Waals surface area contributed by atoms with Gasteiger partial charge in [0.25, 0.3) is 0 Å². The Kier molecular flexibility index (Phi) is 16.0. The summed E-state index contributed by atoms with van der Waals surface area (Å²) < 4.78 is 0. The second-order valence-electron chi connectivity index (χ2n) is 37.2. The van der Waals surface area contributed by atoms with E-state index < -0.39 is 10.8 Å². The normalized spacial score (nSPS) is 13.2. The third-order valence-corrected chi connectivity index (χ3v) is 30.8. The predicted octanol–water partition coefficient (Wildman–Crippen LogP) is 35.9. The van der Waals surface area contributed by atoms with Gasteiger partial charge in [0.2, 0.25) is 0 Å². The largest absolute Gasteiger partial charge is 0.0731 e. The van der Waals surface area contributed by atoms with Gasteiger partial charge in [0, 0.05) is 0 Å². The lowest BCUT2D eigenvalue weighted by Crippen LogP contribution is -2.26. The van der Waals surface area contributed by atoms with Crippen molar-refractivity contribution < 1.29 is 0 Å². The minimum absolute atomic E-state index is 0.490. The lowest BCUT2D eigenvalue weighted by atomic mass is 9.69. The van der Waals surface area contributed by atoms with E-state index in [-0.39, 0.29) is 0 Å². The van der Waals surface area contributed by atoms with Crippen molar-refractivity contribution in [2.24, 2.45) is 0 Å². The van der Waals surface area contributed by atoms with Crippen LogP contribution in [0.15, 0.2) is 485 Å². The van der Waals surface area contributed by atoms with Gasteiger partial charge in [0.1, 0.15) is 0 Å². The Morgan fingerprint density at radius 3 is 0.769 bits per heavy atom. The van der Waals surface area contributed by atoms with Crippen molar-refractivity contribution in [1.82, 2.24) is 0 Å².